The molecule has 3 aliphatic carbocycles. The van der Waals surface area contributed by atoms with Gasteiger partial charge in [0.05, 0.1) is 6.42 Å². The van der Waals surface area contributed by atoms with Crippen LogP contribution in [0.3, 0.4) is 0 Å². The highest BCUT2D eigenvalue weighted by Crippen LogP contribution is 2.57. The maximum Gasteiger partial charge on any atom is 0.270 e. The van der Waals surface area contributed by atoms with E-state index < -0.39 is 11.2 Å². The van der Waals surface area contributed by atoms with Gasteiger partial charge in [-0.1, -0.05) is 29.8 Å². The number of alkyl halides is 1. The fourth-order valence-electron chi connectivity index (χ4n) is 4.09. The van der Waals surface area contributed by atoms with Crippen LogP contribution in [0.25, 0.3) is 0 Å². The summed E-state index contributed by atoms with van der Waals surface area (Å²) < 4.78 is 14.0. The van der Waals surface area contributed by atoms with E-state index in [-0.39, 0.29) is 23.9 Å². The Morgan fingerprint density at radius 1 is 1.19 bits per heavy atom. The second-order valence-electron chi connectivity index (χ2n) is 7.49. The van der Waals surface area contributed by atoms with Crippen molar-refractivity contribution < 1.29 is 14.0 Å². The van der Waals surface area contributed by atoms with Crippen LogP contribution in [0.15, 0.2) is 42.6 Å². The molecule has 5 nitrogen and oxygen atoms in total. The Kier molecular flexibility index (Phi) is 4.38. The second kappa shape index (κ2) is 6.60. The predicted octanol–water partition coefficient (Wildman–Crippen LogP) is 3.68. The molecule has 2 bridgehead atoms. The van der Waals surface area contributed by atoms with Gasteiger partial charge in [-0.3, -0.25) is 14.6 Å². The van der Waals surface area contributed by atoms with Gasteiger partial charge in [0.25, 0.3) is 5.91 Å². The number of benzene rings is 1. The molecule has 0 saturated heterocycles. The number of fused-ring (bicyclic) bond motifs is 1. The lowest BCUT2D eigenvalue weighted by Crippen LogP contribution is -2.57. The van der Waals surface area contributed by atoms with Gasteiger partial charge in [0.1, 0.15) is 11.4 Å². The van der Waals surface area contributed by atoms with Crippen LogP contribution >= 0.6 is 11.6 Å². The van der Waals surface area contributed by atoms with Crippen LogP contribution in [-0.2, 0) is 11.2 Å². The van der Waals surface area contributed by atoms with Crippen molar-refractivity contribution in [2.75, 3.05) is 5.32 Å². The van der Waals surface area contributed by atoms with Crippen molar-refractivity contribution >= 4 is 29.1 Å². The quantitative estimate of drug-likeness (QED) is 0.822. The number of amides is 2. The van der Waals surface area contributed by atoms with E-state index in [1.165, 1.54) is 12.3 Å². The van der Waals surface area contributed by atoms with Gasteiger partial charge in [0, 0.05) is 35.3 Å². The van der Waals surface area contributed by atoms with E-state index in [2.05, 4.69) is 15.6 Å². The molecule has 27 heavy (non-hydrogen) atoms. The minimum Gasteiger partial charge on any atom is -0.345 e. The maximum atomic E-state index is 14.0. The predicted molar refractivity (Wildman–Crippen MR) is 101 cm³/mol. The first-order valence-electron chi connectivity index (χ1n) is 8.87. The first-order valence-corrected chi connectivity index (χ1v) is 9.25. The lowest BCUT2D eigenvalue weighted by atomic mass is 9.75. The standard InChI is InChI=1S/C20H19ClFN3O2/c21-15-4-2-1-3-13(15)9-17(26)24-14-5-8-23-16(10-14)18(27)25-20-7-6-19(22,11-20)12-20/h1-5,8,10H,6-7,9,11-12H2,(H,25,27)(H,23,24,26). The smallest absolute Gasteiger partial charge is 0.270 e. The third-order valence-corrected chi connectivity index (χ3v) is 5.69. The van der Waals surface area contributed by atoms with Gasteiger partial charge in [0.2, 0.25) is 5.91 Å². The number of nitrogens with one attached hydrogen (secondary N) is 2. The summed E-state index contributed by atoms with van der Waals surface area (Å²) in [6, 6.07) is 10.3. The minimum atomic E-state index is -1.10. The number of nitrogens with zero attached hydrogens (tertiary/aromatic N) is 1. The molecule has 2 N–H and O–H groups in total. The summed E-state index contributed by atoms with van der Waals surface area (Å²) in [7, 11) is 0. The maximum absolute atomic E-state index is 14.0. The van der Waals surface area contributed by atoms with Crippen LogP contribution in [0.1, 0.15) is 41.7 Å². The first kappa shape index (κ1) is 17.9. The number of carbonyl (C=O) groups excluding carboxylic acids is 2. The molecule has 3 fully saturated rings. The number of hydrogen-bond donors (Lipinski definition) is 2. The SMILES string of the molecule is O=C(Cc1ccccc1Cl)Nc1ccnc(C(=O)NC23CCC(F)(C2)C3)c1. The van der Waals surface area contributed by atoms with Crippen molar-refractivity contribution in [3.8, 4) is 0 Å². The molecule has 3 aliphatic rings. The van der Waals surface area contributed by atoms with Crippen molar-refractivity contribution in [1.82, 2.24) is 10.3 Å². The van der Waals surface area contributed by atoms with E-state index in [1.54, 1.807) is 24.3 Å². The summed E-state index contributed by atoms with van der Waals surface area (Å²) in [6.45, 7) is 0. The van der Waals surface area contributed by atoms with Crippen LogP contribution in [-0.4, -0.2) is 28.0 Å². The molecule has 140 valence electrons. The molecule has 2 aromatic rings. The van der Waals surface area contributed by atoms with Gasteiger partial charge in [0.15, 0.2) is 0 Å². The monoisotopic (exact) mass is 387 g/mol. The highest BCUT2D eigenvalue weighted by atomic mass is 35.5. The van der Waals surface area contributed by atoms with Crippen molar-refractivity contribution in [3.05, 3.63) is 58.9 Å². The lowest BCUT2D eigenvalue weighted by molar-refractivity contribution is -0.115. The number of hydrogen-bond acceptors (Lipinski definition) is 3. The fourth-order valence-corrected chi connectivity index (χ4v) is 4.29. The highest BCUT2D eigenvalue weighted by Gasteiger charge is 2.62. The molecule has 5 rings (SSSR count). The Labute approximate surface area is 161 Å². The van der Waals surface area contributed by atoms with Gasteiger partial charge in [-0.15, -0.1) is 0 Å². The van der Waals surface area contributed by atoms with E-state index in [1.807, 2.05) is 6.07 Å². The molecule has 2 amide bonds. The number of pyridine rings is 1. The summed E-state index contributed by atoms with van der Waals surface area (Å²) in [4.78, 5) is 28.8. The molecule has 1 heterocycles. The van der Waals surface area contributed by atoms with Crippen molar-refractivity contribution in [2.45, 2.75) is 43.3 Å². The van der Waals surface area contributed by atoms with E-state index in [9.17, 15) is 14.0 Å². The molecule has 7 heteroatoms. The molecular formula is C20H19ClFN3O2. The summed E-state index contributed by atoms with van der Waals surface area (Å²) in [5.41, 5.74) is -0.136. The second-order valence-corrected chi connectivity index (χ2v) is 7.89. The molecule has 0 spiro atoms. The molecule has 0 atom stereocenters. The third kappa shape index (κ3) is 3.67. The Morgan fingerprint density at radius 2 is 1.96 bits per heavy atom. The summed E-state index contributed by atoms with van der Waals surface area (Å²) in [5.74, 6) is -0.586. The molecule has 0 aliphatic heterocycles. The third-order valence-electron chi connectivity index (χ3n) is 5.33. The highest BCUT2D eigenvalue weighted by molar-refractivity contribution is 6.31. The Balaban J connectivity index is 1.39. The lowest BCUT2D eigenvalue weighted by Gasteiger charge is -2.42. The minimum absolute atomic E-state index is 0.130. The normalized spacial score (nSPS) is 25.6. The van der Waals surface area contributed by atoms with E-state index in [4.69, 9.17) is 11.6 Å². The number of halogens is 2. The van der Waals surface area contributed by atoms with Gasteiger partial charge in [-0.25, -0.2) is 4.39 Å². The van der Waals surface area contributed by atoms with Crippen LogP contribution in [0, 0.1) is 0 Å². The average Bonchev–Trinajstić information content (AvgIpc) is 3.10. The van der Waals surface area contributed by atoms with Crippen molar-refractivity contribution in [3.63, 3.8) is 0 Å². The zero-order valence-electron chi connectivity index (χ0n) is 14.6. The molecule has 1 aromatic heterocycles. The van der Waals surface area contributed by atoms with Crippen LogP contribution < -0.4 is 10.6 Å². The van der Waals surface area contributed by atoms with E-state index in [0.29, 0.717) is 36.4 Å². The largest absolute Gasteiger partial charge is 0.345 e. The first-order chi connectivity index (χ1) is 12.9. The summed E-state index contributed by atoms with van der Waals surface area (Å²) in [6.07, 6.45) is 3.50. The topological polar surface area (TPSA) is 71.1 Å². The van der Waals surface area contributed by atoms with E-state index in [0.717, 1.165) is 5.56 Å². The Morgan fingerprint density at radius 3 is 2.67 bits per heavy atom. The zero-order chi connectivity index (χ0) is 19.1. The van der Waals surface area contributed by atoms with Crippen LogP contribution in [0.4, 0.5) is 10.1 Å². The van der Waals surface area contributed by atoms with Gasteiger partial charge >= 0.3 is 0 Å². The summed E-state index contributed by atoms with van der Waals surface area (Å²) in [5, 5.41) is 6.20. The van der Waals surface area contributed by atoms with Gasteiger partial charge in [-0.05, 0) is 36.6 Å². The fraction of sp³-hybridized carbons (Fsp3) is 0.350. The molecule has 0 radical (unpaired) electrons. The van der Waals surface area contributed by atoms with Crippen molar-refractivity contribution in [2.24, 2.45) is 0 Å². The molecule has 0 unspecified atom stereocenters. The number of aromatic nitrogens is 1. The van der Waals surface area contributed by atoms with Crippen molar-refractivity contribution in [1.29, 1.82) is 0 Å². The Bertz CT molecular complexity index is 912. The van der Waals surface area contributed by atoms with Crippen LogP contribution in [0.5, 0.6) is 0 Å². The van der Waals surface area contributed by atoms with Crippen LogP contribution in [0.2, 0.25) is 5.02 Å². The van der Waals surface area contributed by atoms with Gasteiger partial charge < -0.3 is 10.6 Å². The molecule has 3 saturated carbocycles. The Hall–Kier alpha value is -2.47. The van der Waals surface area contributed by atoms with Gasteiger partial charge in [-0.2, -0.15) is 0 Å². The molecule has 1 aromatic carbocycles. The van der Waals surface area contributed by atoms with E-state index >= 15 is 0 Å². The number of rotatable bonds is 5. The summed E-state index contributed by atoms with van der Waals surface area (Å²) >= 11 is 6.08. The average molecular weight is 388 g/mol. The molecular weight excluding hydrogens is 369 g/mol. The number of anilines is 1. The number of carbonyl (C=O) groups is 2. The zero-order valence-corrected chi connectivity index (χ0v) is 15.4.